The predicted molar refractivity (Wildman–Crippen MR) is 82.4 cm³/mol. The number of aromatic carboxylic acids is 1. The van der Waals surface area contributed by atoms with Crippen LogP contribution in [0.15, 0.2) is 41.6 Å². The van der Waals surface area contributed by atoms with E-state index in [1.165, 1.54) is 30.0 Å². The molecule has 0 saturated heterocycles. The summed E-state index contributed by atoms with van der Waals surface area (Å²) in [5.74, 6) is -1.48. The number of hydrogen-bond donors (Lipinski definition) is 2. The second kappa shape index (κ2) is 6.60. The second-order valence-corrected chi connectivity index (χ2v) is 5.28. The van der Waals surface area contributed by atoms with Crippen molar-refractivity contribution in [2.75, 3.05) is 11.6 Å². The fourth-order valence-corrected chi connectivity index (χ4v) is 2.49. The van der Waals surface area contributed by atoms with Crippen molar-refractivity contribution in [1.29, 1.82) is 0 Å². The van der Waals surface area contributed by atoms with E-state index in [1.807, 2.05) is 6.26 Å². The summed E-state index contributed by atoms with van der Waals surface area (Å²) < 4.78 is 0. The first-order chi connectivity index (χ1) is 10.0. The summed E-state index contributed by atoms with van der Waals surface area (Å²) in [4.78, 5) is 27.3. The van der Waals surface area contributed by atoms with Gasteiger partial charge < -0.3 is 10.4 Å². The number of hydrogen-bond acceptors (Lipinski definition) is 4. The van der Waals surface area contributed by atoms with E-state index in [1.54, 1.807) is 18.3 Å². The van der Waals surface area contributed by atoms with Gasteiger partial charge >= 0.3 is 5.97 Å². The van der Waals surface area contributed by atoms with Crippen LogP contribution in [0, 0.1) is 0 Å². The summed E-state index contributed by atoms with van der Waals surface area (Å²) in [6, 6.07) is 7.46. The van der Waals surface area contributed by atoms with E-state index in [2.05, 4.69) is 10.3 Å². The number of halogens is 1. The lowest BCUT2D eigenvalue weighted by Crippen LogP contribution is -2.14. The molecule has 1 aromatic heterocycles. The SMILES string of the molecule is CSc1ncccc1C(=O)Nc1cc(Cl)cc(C(=O)O)c1. The zero-order valence-corrected chi connectivity index (χ0v) is 12.5. The Bertz CT molecular complexity index is 706. The first kappa shape index (κ1) is 15.3. The molecule has 0 aliphatic rings. The van der Waals surface area contributed by atoms with E-state index in [9.17, 15) is 9.59 Å². The lowest BCUT2D eigenvalue weighted by molar-refractivity contribution is 0.0696. The molecule has 2 N–H and O–H groups in total. The maximum absolute atomic E-state index is 12.2. The minimum absolute atomic E-state index is 0.00840. The predicted octanol–water partition coefficient (Wildman–Crippen LogP) is 3.41. The van der Waals surface area contributed by atoms with Gasteiger partial charge in [0.15, 0.2) is 0 Å². The summed E-state index contributed by atoms with van der Waals surface area (Å²) in [5, 5.41) is 12.4. The topological polar surface area (TPSA) is 79.3 Å². The Morgan fingerprint density at radius 3 is 2.76 bits per heavy atom. The lowest BCUT2D eigenvalue weighted by atomic mass is 10.2. The molecule has 2 aromatic rings. The molecule has 0 bridgehead atoms. The minimum Gasteiger partial charge on any atom is -0.478 e. The fourth-order valence-electron chi connectivity index (χ4n) is 1.71. The monoisotopic (exact) mass is 322 g/mol. The third-order valence-electron chi connectivity index (χ3n) is 2.61. The number of rotatable bonds is 4. The van der Waals surface area contributed by atoms with Crippen LogP contribution in [0.5, 0.6) is 0 Å². The van der Waals surface area contributed by atoms with Crippen molar-refractivity contribution in [1.82, 2.24) is 4.98 Å². The van der Waals surface area contributed by atoms with Gasteiger partial charge in [-0.25, -0.2) is 9.78 Å². The molecule has 0 aliphatic carbocycles. The Hall–Kier alpha value is -2.05. The molecule has 1 aromatic carbocycles. The van der Waals surface area contributed by atoms with Crippen LogP contribution in [0.1, 0.15) is 20.7 Å². The van der Waals surface area contributed by atoms with Crippen molar-refractivity contribution in [3.05, 3.63) is 52.7 Å². The minimum atomic E-state index is -1.11. The van der Waals surface area contributed by atoms with Crippen molar-refractivity contribution in [3.63, 3.8) is 0 Å². The number of nitrogens with one attached hydrogen (secondary N) is 1. The highest BCUT2D eigenvalue weighted by molar-refractivity contribution is 7.98. The zero-order chi connectivity index (χ0) is 15.4. The number of carboxylic acids is 1. The number of anilines is 1. The zero-order valence-electron chi connectivity index (χ0n) is 11.0. The molecule has 7 heteroatoms. The Labute approximate surface area is 130 Å². The molecule has 0 atom stereocenters. The molecule has 5 nitrogen and oxygen atoms in total. The maximum atomic E-state index is 12.2. The lowest BCUT2D eigenvalue weighted by Gasteiger charge is -2.09. The van der Waals surface area contributed by atoms with E-state index < -0.39 is 5.97 Å². The van der Waals surface area contributed by atoms with Gasteiger partial charge in [-0.3, -0.25) is 4.79 Å². The largest absolute Gasteiger partial charge is 0.478 e. The standard InChI is InChI=1S/C14H11ClN2O3S/c1-21-13-11(3-2-4-16-13)12(18)17-10-6-8(14(19)20)5-9(15)7-10/h2-7H,1H3,(H,17,18)(H,19,20). The molecule has 0 aliphatic heterocycles. The van der Waals surface area contributed by atoms with Gasteiger partial charge in [-0.15, -0.1) is 11.8 Å². The van der Waals surface area contributed by atoms with Crippen LogP contribution in [0.25, 0.3) is 0 Å². The van der Waals surface area contributed by atoms with Crippen molar-refractivity contribution in [2.24, 2.45) is 0 Å². The highest BCUT2D eigenvalue weighted by Gasteiger charge is 2.13. The summed E-state index contributed by atoms with van der Waals surface area (Å²) in [6.45, 7) is 0. The Morgan fingerprint density at radius 2 is 2.10 bits per heavy atom. The molecule has 0 radical (unpaired) electrons. The number of pyridine rings is 1. The van der Waals surface area contributed by atoms with Gasteiger partial charge in [0.05, 0.1) is 11.1 Å². The van der Waals surface area contributed by atoms with Gasteiger partial charge in [0, 0.05) is 16.9 Å². The second-order valence-electron chi connectivity index (χ2n) is 4.05. The van der Waals surface area contributed by atoms with Crippen LogP contribution in [0.3, 0.4) is 0 Å². The van der Waals surface area contributed by atoms with Gasteiger partial charge in [-0.05, 0) is 36.6 Å². The van der Waals surface area contributed by atoms with Crippen molar-refractivity contribution < 1.29 is 14.7 Å². The van der Waals surface area contributed by atoms with Crippen molar-refractivity contribution >= 4 is 40.9 Å². The third-order valence-corrected chi connectivity index (χ3v) is 3.54. The van der Waals surface area contributed by atoms with E-state index in [4.69, 9.17) is 16.7 Å². The summed E-state index contributed by atoms with van der Waals surface area (Å²) in [7, 11) is 0. The molecule has 0 saturated carbocycles. The van der Waals surface area contributed by atoms with Gasteiger partial charge in [0.1, 0.15) is 5.03 Å². The van der Waals surface area contributed by atoms with Gasteiger partial charge in [0.2, 0.25) is 0 Å². The highest BCUT2D eigenvalue weighted by atomic mass is 35.5. The van der Waals surface area contributed by atoms with Crippen LogP contribution in [-0.4, -0.2) is 28.2 Å². The Kier molecular flexibility index (Phi) is 4.82. The van der Waals surface area contributed by atoms with Crippen LogP contribution in [0.4, 0.5) is 5.69 Å². The molecule has 0 spiro atoms. The average molecular weight is 323 g/mol. The number of benzene rings is 1. The third kappa shape index (κ3) is 3.74. The van der Waals surface area contributed by atoms with Crippen LogP contribution in [-0.2, 0) is 0 Å². The number of carbonyl (C=O) groups excluding carboxylic acids is 1. The first-order valence-corrected chi connectivity index (χ1v) is 7.46. The number of nitrogens with zero attached hydrogens (tertiary/aromatic N) is 1. The molecular formula is C14H11ClN2O3S. The molecule has 21 heavy (non-hydrogen) atoms. The van der Waals surface area contributed by atoms with Crippen molar-refractivity contribution in [2.45, 2.75) is 5.03 Å². The maximum Gasteiger partial charge on any atom is 0.335 e. The van der Waals surface area contributed by atoms with E-state index >= 15 is 0 Å². The van der Waals surface area contributed by atoms with Crippen molar-refractivity contribution in [3.8, 4) is 0 Å². The highest BCUT2D eigenvalue weighted by Crippen LogP contribution is 2.22. The fraction of sp³-hybridized carbons (Fsp3) is 0.0714. The summed E-state index contributed by atoms with van der Waals surface area (Å²) in [5.41, 5.74) is 0.747. The quantitative estimate of drug-likeness (QED) is 0.843. The molecule has 2 rings (SSSR count). The number of carbonyl (C=O) groups is 2. The number of aromatic nitrogens is 1. The van der Waals surface area contributed by atoms with E-state index in [0.29, 0.717) is 16.3 Å². The summed E-state index contributed by atoms with van der Waals surface area (Å²) in [6.07, 6.45) is 3.42. The normalized spacial score (nSPS) is 10.2. The number of carboxylic acid groups (broad SMARTS) is 1. The van der Waals surface area contributed by atoms with Crippen LogP contribution < -0.4 is 5.32 Å². The number of thioether (sulfide) groups is 1. The van der Waals surface area contributed by atoms with E-state index in [-0.39, 0.29) is 16.5 Å². The van der Waals surface area contributed by atoms with Gasteiger partial charge in [-0.2, -0.15) is 0 Å². The molecule has 1 heterocycles. The smallest absolute Gasteiger partial charge is 0.335 e. The van der Waals surface area contributed by atoms with E-state index in [0.717, 1.165) is 0 Å². The van der Waals surface area contributed by atoms with Gasteiger partial charge in [0.25, 0.3) is 5.91 Å². The molecule has 1 amide bonds. The summed E-state index contributed by atoms with van der Waals surface area (Å²) >= 11 is 7.20. The Balaban J connectivity index is 2.29. The Morgan fingerprint density at radius 1 is 1.33 bits per heavy atom. The number of amides is 1. The molecule has 0 fully saturated rings. The van der Waals surface area contributed by atoms with Gasteiger partial charge in [-0.1, -0.05) is 11.6 Å². The molecular weight excluding hydrogens is 312 g/mol. The molecule has 0 unspecified atom stereocenters. The first-order valence-electron chi connectivity index (χ1n) is 5.85. The average Bonchev–Trinajstić information content (AvgIpc) is 2.46. The van der Waals surface area contributed by atoms with Crippen LogP contribution >= 0.6 is 23.4 Å². The van der Waals surface area contributed by atoms with Crippen LogP contribution in [0.2, 0.25) is 5.02 Å². The molecule has 108 valence electrons.